The van der Waals surface area contributed by atoms with Crippen LogP contribution >= 0.6 is 0 Å². The van der Waals surface area contributed by atoms with E-state index in [0.717, 1.165) is 24.8 Å². The van der Waals surface area contributed by atoms with Gasteiger partial charge in [0, 0.05) is 6.04 Å². The Morgan fingerprint density at radius 1 is 1.29 bits per heavy atom. The van der Waals surface area contributed by atoms with E-state index in [1.165, 1.54) is 19.3 Å². The SMILES string of the molecule is C[C@@H]1CCC[C@H](C)C1NCC[C@@H](C)O. The predicted octanol–water partition coefficient (Wildman–Crippen LogP) is 2.17. The third kappa shape index (κ3) is 3.58. The minimum Gasteiger partial charge on any atom is -0.393 e. The molecular formula is C12H25NO. The standard InChI is InChI=1S/C12H25NO/c1-9-5-4-6-10(2)12(9)13-8-7-11(3)14/h9-14H,4-8H2,1-3H3/t9-,10+,11-,12?/m1/s1. The Morgan fingerprint density at radius 2 is 1.86 bits per heavy atom. The van der Waals surface area contributed by atoms with Crippen molar-refractivity contribution >= 4 is 0 Å². The lowest BCUT2D eigenvalue weighted by Gasteiger charge is -2.35. The topological polar surface area (TPSA) is 32.3 Å². The molecule has 0 heterocycles. The number of nitrogens with one attached hydrogen (secondary N) is 1. The van der Waals surface area contributed by atoms with Crippen LogP contribution < -0.4 is 5.32 Å². The van der Waals surface area contributed by atoms with Gasteiger partial charge in [-0.1, -0.05) is 20.3 Å². The zero-order valence-electron chi connectivity index (χ0n) is 9.79. The Labute approximate surface area is 88.1 Å². The van der Waals surface area contributed by atoms with Crippen LogP contribution in [0.2, 0.25) is 0 Å². The first-order valence-electron chi connectivity index (χ1n) is 6.02. The highest BCUT2D eigenvalue weighted by Crippen LogP contribution is 2.28. The molecule has 1 aliphatic rings. The zero-order chi connectivity index (χ0) is 10.6. The number of rotatable bonds is 4. The Bertz CT molecular complexity index is 148. The summed E-state index contributed by atoms with van der Waals surface area (Å²) in [6, 6.07) is 0.669. The number of aliphatic hydroxyl groups excluding tert-OH is 1. The van der Waals surface area contributed by atoms with Crippen molar-refractivity contribution in [2.75, 3.05) is 6.54 Å². The molecule has 14 heavy (non-hydrogen) atoms. The molecule has 0 spiro atoms. The van der Waals surface area contributed by atoms with Gasteiger partial charge in [0.15, 0.2) is 0 Å². The molecule has 0 aliphatic heterocycles. The van der Waals surface area contributed by atoms with E-state index >= 15 is 0 Å². The molecule has 0 aromatic carbocycles. The van der Waals surface area contributed by atoms with Gasteiger partial charge < -0.3 is 10.4 Å². The van der Waals surface area contributed by atoms with Gasteiger partial charge in [-0.15, -0.1) is 0 Å². The number of hydrogen-bond donors (Lipinski definition) is 2. The van der Waals surface area contributed by atoms with E-state index in [4.69, 9.17) is 0 Å². The summed E-state index contributed by atoms with van der Waals surface area (Å²) >= 11 is 0. The molecule has 0 aromatic rings. The van der Waals surface area contributed by atoms with Crippen LogP contribution in [0.25, 0.3) is 0 Å². The van der Waals surface area contributed by atoms with Crippen molar-refractivity contribution in [3.05, 3.63) is 0 Å². The summed E-state index contributed by atoms with van der Waals surface area (Å²) in [5.74, 6) is 1.60. The maximum atomic E-state index is 9.17. The van der Waals surface area contributed by atoms with Crippen molar-refractivity contribution in [3.63, 3.8) is 0 Å². The maximum absolute atomic E-state index is 9.17. The van der Waals surface area contributed by atoms with E-state index in [1.807, 2.05) is 6.92 Å². The lowest BCUT2D eigenvalue weighted by molar-refractivity contribution is 0.166. The second-order valence-electron chi connectivity index (χ2n) is 5.00. The van der Waals surface area contributed by atoms with Crippen LogP contribution in [-0.4, -0.2) is 23.8 Å². The summed E-state index contributed by atoms with van der Waals surface area (Å²) in [5.41, 5.74) is 0. The maximum Gasteiger partial charge on any atom is 0.0524 e. The highest BCUT2D eigenvalue weighted by molar-refractivity contribution is 4.83. The summed E-state index contributed by atoms with van der Waals surface area (Å²) in [4.78, 5) is 0. The molecule has 0 radical (unpaired) electrons. The Morgan fingerprint density at radius 3 is 2.36 bits per heavy atom. The summed E-state index contributed by atoms with van der Waals surface area (Å²) in [6.07, 6.45) is 4.80. The summed E-state index contributed by atoms with van der Waals surface area (Å²) < 4.78 is 0. The minimum atomic E-state index is -0.170. The Hall–Kier alpha value is -0.0800. The Kier molecular flexibility index (Phi) is 4.90. The molecule has 2 N–H and O–H groups in total. The van der Waals surface area contributed by atoms with Crippen molar-refractivity contribution in [1.82, 2.24) is 5.32 Å². The van der Waals surface area contributed by atoms with Crippen LogP contribution in [0.5, 0.6) is 0 Å². The average molecular weight is 199 g/mol. The van der Waals surface area contributed by atoms with Crippen LogP contribution in [0.4, 0.5) is 0 Å². The second-order valence-corrected chi connectivity index (χ2v) is 5.00. The summed E-state index contributed by atoms with van der Waals surface area (Å²) in [7, 11) is 0. The van der Waals surface area contributed by atoms with E-state index in [1.54, 1.807) is 0 Å². The van der Waals surface area contributed by atoms with Gasteiger partial charge in [0.25, 0.3) is 0 Å². The van der Waals surface area contributed by atoms with Crippen molar-refractivity contribution in [2.24, 2.45) is 11.8 Å². The van der Waals surface area contributed by atoms with Crippen LogP contribution in [0, 0.1) is 11.8 Å². The molecule has 4 atom stereocenters. The fourth-order valence-corrected chi connectivity index (χ4v) is 2.54. The lowest BCUT2D eigenvalue weighted by Crippen LogP contribution is -2.43. The van der Waals surface area contributed by atoms with Crippen molar-refractivity contribution in [1.29, 1.82) is 0 Å². The third-order valence-corrected chi connectivity index (χ3v) is 3.49. The zero-order valence-corrected chi connectivity index (χ0v) is 9.79. The molecule has 1 unspecified atom stereocenters. The Balaban J connectivity index is 2.26. The smallest absolute Gasteiger partial charge is 0.0524 e. The fraction of sp³-hybridized carbons (Fsp3) is 1.00. The molecule has 0 amide bonds. The first kappa shape index (κ1) is 12.0. The molecule has 2 nitrogen and oxygen atoms in total. The molecule has 0 bridgehead atoms. The normalized spacial score (nSPS) is 35.6. The van der Waals surface area contributed by atoms with Gasteiger partial charge in [-0.2, -0.15) is 0 Å². The van der Waals surface area contributed by atoms with Gasteiger partial charge in [0.2, 0.25) is 0 Å². The first-order chi connectivity index (χ1) is 6.61. The molecule has 84 valence electrons. The fourth-order valence-electron chi connectivity index (χ4n) is 2.54. The summed E-state index contributed by atoms with van der Waals surface area (Å²) in [6.45, 7) is 7.50. The van der Waals surface area contributed by atoms with Gasteiger partial charge in [-0.3, -0.25) is 0 Å². The van der Waals surface area contributed by atoms with E-state index in [-0.39, 0.29) is 6.10 Å². The van der Waals surface area contributed by atoms with Crippen LogP contribution in [0.3, 0.4) is 0 Å². The highest BCUT2D eigenvalue weighted by atomic mass is 16.3. The number of hydrogen-bond acceptors (Lipinski definition) is 2. The minimum absolute atomic E-state index is 0.170. The van der Waals surface area contributed by atoms with Crippen molar-refractivity contribution in [3.8, 4) is 0 Å². The molecule has 1 aliphatic carbocycles. The predicted molar refractivity (Wildman–Crippen MR) is 60.3 cm³/mol. The van der Waals surface area contributed by atoms with Gasteiger partial charge in [-0.05, 0) is 44.6 Å². The molecule has 2 heteroatoms. The summed E-state index contributed by atoms with van der Waals surface area (Å²) in [5, 5.41) is 12.8. The van der Waals surface area contributed by atoms with E-state index in [9.17, 15) is 5.11 Å². The molecule has 0 aromatic heterocycles. The largest absolute Gasteiger partial charge is 0.393 e. The van der Waals surface area contributed by atoms with Gasteiger partial charge in [0.05, 0.1) is 6.10 Å². The highest BCUT2D eigenvalue weighted by Gasteiger charge is 2.26. The second kappa shape index (κ2) is 5.72. The van der Waals surface area contributed by atoms with Gasteiger partial charge in [0.1, 0.15) is 0 Å². The molecular weight excluding hydrogens is 174 g/mol. The van der Waals surface area contributed by atoms with Crippen molar-refractivity contribution < 1.29 is 5.11 Å². The number of aliphatic hydroxyl groups is 1. The van der Waals surface area contributed by atoms with E-state index in [0.29, 0.717) is 6.04 Å². The molecule has 0 saturated heterocycles. The quantitative estimate of drug-likeness (QED) is 0.727. The van der Waals surface area contributed by atoms with Gasteiger partial charge >= 0.3 is 0 Å². The average Bonchev–Trinajstić information content (AvgIpc) is 2.09. The van der Waals surface area contributed by atoms with E-state index < -0.39 is 0 Å². The lowest BCUT2D eigenvalue weighted by atomic mass is 9.79. The van der Waals surface area contributed by atoms with Gasteiger partial charge in [-0.25, -0.2) is 0 Å². The monoisotopic (exact) mass is 199 g/mol. The first-order valence-corrected chi connectivity index (χ1v) is 6.02. The van der Waals surface area contributed by atoms with E-state index in [2.05, 4.69) is 19.2 Å². The van der Waals surface area contributed by atoms with Crippen molar-refractivity contribution in [2.45, 2.75) is 58.6 Å². The van der Waals surface area contributed by atoms with Crippen LogP contribution in [0.1, 0.15) is 46.5 Å². The molecule has 1 saturated carbocycles. The van der Waals surface area contributed by atoms with Crippen LogP contribution in [-0.2, 0) is 0 Å². The van der Waals surface area contributed by atoms with Crippen LogP contribution in [0.15, 0.2) is 0 Å². The molecule has 1 fully saturated rings. The molecule has 1 rings (SSSR count). The third-order valence-electron chi connectivity index (χ3n) is 3.49.